The molecule has 1 spiro atoms. The first kappa shape index (κ1) is 23.1. The number of carbonyl (C=O) groups is 3. The molecule has 8 nitrogen and oxygen atoms in total. The lowest BCUT2D eigenvalue weighted by Gasteiger charge is -2.43. The smallest absolute Gasteiger partial charge is 0.325 e. The number of carbonyl (C=O) groups excluding carboxylic acids is 3. The molecule has 1 aromatic carbocycles. The monoisotopic (exact) mass is 468 g/mol. The lowest BCUT2D eigenvalue weighted by Crippen LogP contribution is -2.55. The molecule has 3 heterocycles. The van der Waals surface area contributed by atoms with Gasteiger partial charge < -0.3 is 15.0 Å². The van der Waals surface area contributed by atoms with Crippen LogP contribution in [0.2, 0.25) is 0 Å². The minimum absolute atomic E-state index is 0.0250. The Balaban J connectivity index is 1.16. The number of rotatable bonds is 4. The predicted octanol–water partition coefficient (Wildman–Crippen LogP) is 2.40. The SMILES string of the molecule is C[C@H]1CC(C)(C)C[C@@]2(C1)NC(=O)N(CC(=O)N1CCN(Cc3ccc4c(c3)CCO4)CC1)C2=O. The topological polar surface area (TPSA) is 82.2 Å². The number of amides is 4. The highest BCUT2D eigenvalue weighted by Crippen LogP contribution is 2.46. The van der Waals surface area contributed by atoms with Crippen LogP contribution in [0.3, 0.4) is 0 Å². The number of hydrogen-bond donors (Lipinski definition) is 1. The van der Waals surface area contributed by atoms with Crippen LogP contribution in [0.1, 0.15) is 51.2 Å². The van der Waals surface area contributed by atoms with Gasteiger partial charge in [-0.2, -0.15) is 0 Å². The van der Waals surface area contributed by atoms with Gasteiger partial charge in [0, 0.05) is 39.1 Å². The molecule has 2 saturated heterocycles. The molecule has 184 valence electrons. The van der Waals surface area contributed by atoms with E-state index in [4.69, 9.17) is 4.74 Å². The normalized spacial score (nSPS) is 28.7. The average Bonchev–Trinajstić information content (AvgIpc) is 3.31. The number of fused-ring (bicyclic) bond motifs is 1. The maximum Gasteiger partial charge on any atom is 0.325 e. The zero-order valence-corrected chi connectivity index (χ0v) is 20.6. The number of nitrogens with one attached hydrogen (secondary N) is 1. The number of imide groups is 1. The van der Waals surface area contributed by atoms with E-state index in [-0.39, 0.29) is 23.8 Å². The summed E-state index contributed by atoms with van der Waals surface area (Å²) in [7, 11) is 0. The van der Waals surface area contributed by atoms with E-state index in [0.717, 1.165) is 49.7 Å². The van der Waals surface area contributed by atoms with Crippen molar-refractivity contribution in [2.75, 3.05) is 39.3 Å². The van der Waals surface area contributed by atoms with Crippen molar-refractivity contribution in [2.45, 2.75) is 58.5 Å². The van der Waals surface area contributed by atoms with Gasteiger partial charge in [0.1, 0.15) is 17.8 Å². The third kappa shape index (κ3) is 4.40. The molecule has 2 atom stereocenters. The summed E-state index contributed by atoms with van der Waals surface area (Å²) in [6.45, 7) is 10.6. The second kappa shape index (κ2) is 8.56. The highest BCUT2D eigenvalue weighted by Gasteiger charge is 2.56. The lowest BCUT2D eigenvalue weighted by molar-refractivity contribution is -0.141. The zero-order valence-electron chi connectivity index (χ0n) is 20.6. The van der Waals surface area contributed by atoms with Crippen LogP contribution in [-0.4, -0.2) is 77.4 Å². The Morgan fingerprint density at radius 2 is 1.91 bits per heavy atom. The molecule has 3 aliphatic heterocycles. The fourth-order valence-corrected chi connectivity index (χ4v) is 6.64. The third-order valence-corrected chi connectivity index (χ3v) is 7.80. The van der Waals surface area contributed by atoms with Crippen LogP contribution in [0, 0.1) is 11.3 Å². The third-order valence-electron chi connectivity index (χ3n) is 7.80. The minimum Gasteiger partial charge on any atom is -0.493 e. The zero-order chi connectivity index (χ0) is 24.1. The molecule has 3 fully saturated rings. The summed E-state index contributed by atoms with van der Waals surface area (Å²) in [6.07, 6.45) is 3.25. The van der Waals surface area contributed by atoms with E-state index in [0.29, 0.717) is 31.8 Å². The van der Waals surface area contributed by atoms with Gasteiger partial charge in [-0.15, -0.1) is 0 Å². The number of hydrogen-bond acceptors (Lipinski definition) is 5. The van der Waals surface area contributed by atoms with Gasteiger partial charge in [0.25, 0.3) is 5.91 Å². The molecule has 34 heavy (non-hydrogen) atoms. The van der Waals surface area contributed by atoms with E-state index in [1.54, 1.807) is 4.90 Å². The van der Waals surface area contributed by atoms with Gasteiger partial charge in [-0.25, -0.2) is 4.79 Å². The van der Waals surface area contributed by atoms with Gasteiger partial charge in [0.05, 0.1) is 6.61 Å². The molecule has 5 rings (SSSR count). The van der Waals surface area contributed by atoms with Crippen LogP contribution in [0.15, 0.2) is 18.2 Å². The highest BCUT2D eigenvalue weighted by molar-refractivity contribution is 6.09. The van der Waals surface area contributed by atoms with Crippen LogP contribution in [0.25, 0.3) is 0 Å². The Labute approximate surface area is 201 Å². The first-order chi connectivity index (χ1) is 16.1. The Kier molecular flexibility index (Phi) is 5.82. The molecular formula is C26H36N4O4. The van der Waals surface area contributed by atoms with Crippen LogP contribution < -0.4 is 10.1 Å². The molecule has 8 heteroatoms. The number of ether oxygens (including phenoxy) is 1. The molecule has 1 N–H and O–H groups in total. The predicted molar refractivity (Wildman–Crippen MR) is 127 cm³/mol. The summed E-state index contributed by atoms with van der Waals surface area (Å²) >= 11 is 0. The summed E-state index contributed by atoms with van der Waals surface area (Å²) in [5.41, 5.74) is 1.65. The van der Waals surface area contributed by atoms with Crippen LogP contribution in [0.5, 0.6) is 5.75 Å². The van der Waals surface area contributed by atoms with E-state index in [2.05, 4.69) is 49.2 Å². The van der Waals surface area contributed by atoms with Crippen LogP contribution in [-0.2, 0) is 22.6 Å². The van der Waals surface area contributed by atoms with Crippen molar-refractivity contribution in [3.63, 3.8) is 0 Å². The van der Waals surface area contributed by atoms with Crippen molar-refractivity contribution in [1.29, 1.82) is 0 Å². The fraction of sp³-hybridized carbons (Fsp3) is 0.654. The Morgan fingerprint density at radius 1 is 1.15 bits per heavy atom. The van der Waals surface area contributed by atoms with Crippen molar-refractivity contribution >= 4 is 17.8 Å². The van der Waals surface area contributed by atoms with E-state index >= 15 is 0 Å². The molecule has 1 aliphatic carbocycles. The number of benzene rings is 1. The van der Waals surface area contributed by atoms with Crippen molar-refractivity contribution < 1.29 is 19.1 Å². The summed E-state index contributed by atoms with van der Waals surface area (Å²) < 4.78 is 5.59. The maximum absolute atomic E-state index is 13.3. The van der Waals surface area contributed by atoms with Crippen molar-refractivity contribution in [3.8, 4) is 5.75 Å². The van der Waals surface area contributed by atoms with Gasteiger partial charge in [-0.05, 0) is 47.8 Å². The number of nitrogens with zero attached hydrogens (tertiary/aromatic N) is 3. The standard InChI is InChI=1S/C26H36N4O4/c1-18-13-25(2,3)17-26(14-18)23(32)30(24(33)27-26)16-22(31)29-9-7-28(8-10-29)15-19-4-5-21-20(12-19)6-11-34-21/h4-5,12,18H,6-11,13-17H2,1-3H3,(H,27,33)/t18-,26+/m0/s1. The summed E-state index contributed by atoms with van der Waals surface area (Å²) in [6, 6.07) is 5.96. The van der Waals surface area contributed by atoms with Crippen molar-refractivity contribution in [2.24, 2.45) is 11.3 Å². The minimum atomic E-state index is -0.863. The number of urea groups is 1. The summed E-state index contributed by atoms with van der Waals surface area (Å²) in [5, 5.41) is 2.97. The van der Waals surface area contributed by atoms with Crippen molar-refractivity contribution in [1.82, 2.24) is 20.0 Å². The van der Waals surface area contributed by atoms with E-state index in [9.17, 15) is 14.4 Å². The molecule has 1 saturated carbocycles. The maximum atomic E-state index is 13.3. The molecule has 0 radical (unpaired) electrons. The average molecular weight is 469 g/mol. The molecule has 0 unspecified atom stereocenters. The van der Waals surface area contributed by atoms with E-state index < -0.39 is 11.6 Å². The Morgan fingerprint density at radius 3 is 2.65 bits per heavy atom. The van der Waals surface area contributed by atoms with Crippen molar-refractivity contribution in [3.05, 3.63) is 29.3 Å². The molecule has 0 bridgehead atoms. The van der Waals surface area contributed by atoms with Gasteiger partial charge in [-0.3, -0.25) is 19.4 Å². The highest BCUT2D eigenvalue weighted by atomic mass is 16.5. The first-order valence-electron chi connectivity index (χ1n) is 12.5. The quantitative estimate of drug-likeness (QED) is 0.687. The van der Waals surface area contributed by atoms with E-state index in [1.807, 2.05) is 0 Å². The van der Waals surface area contributed by atoms with Gasteiger partial charge >= 0.3 is 6.03 Å². The molecule has 4 aliphatic rings. The van der Waals surface area contributed by atoms with Gasteiger partial charge in [0.15, 0.2) is 0 Å². The van der Waals surface area contributed by atoms with Gasteiger partial charge in [0.2, 0.25) is 5.91 Å². The lowest BCUT2D eigenvalue weighted by atomic mass is 9.64. The Bertz CT molecular complexity index is 1000. The summed E-state index contributed by atoms with van der Waals surface area (Å²) in [4.78, 5) is 44.4. The van der Waals surface area contributed by atoms with E-state index in [1.165, 1.54) is 11.1 Å². The fourth-order valence-electron chi connectivity index (χ4n) is 6.64. The molecule has 4 amide bonds. The molecular weight excluding hydrogens is 432 g/mol. The van der Waals surface area contributed by atoms with Crippen LogP contribution >= 0.6 is 0 Å². The largest absolute Gasteiger partial charge is 0.493 e. The Hall–Kier alpha value is -2.61. The second-order valence-electron chi connectivity index (χ2n) is 11.5. The summed E-state index contributed by atoms with van der Waals surface area (Å²) in [5.74, 6) is 0.949. The molecule has 1 aromatic rings. The molecule has 0 aromatic heterocycles. The first-order valence-corrected chi connectivity index (χ1v) is 12.5. The number of piperazine rings is 1. The van der Waals surface area contributed by atoms with Crippen LogP contribution in [0.4, 0.5) is 4.79 Å². The van der Waals surface area contributed by atoms with Gasteiger partial charge in [-0.1, -0.05) is 32.9 Å². The second-order valence-corrected chi connectivity index (χ2v) is 11.5.